The summed E-state index contributed by atoms with van der Waals surface area (Å²) in [4.78, 5) is 17.8. The molecule has 2 aliphatic heterocycles. The highest BCUT2D eigenvalue weighted by Gasteiger charge is 2.35. The number of hydrogen-bond donors (Lipinski definition) is 0. The normalized spacial score (nSPS) is 20.5. The zero-order valence-corrected chi connectivity index (χ0v) is 20.5. The second-order valence-electron chi connectivity index (χ2n) is 9.37. The van der Waals surface area contributed by atoms with Gasteiger partial charge in [-0.3, -0.25) is 9.69 Å². The standard InChI is InChI=1S/C26H30N4O3S/c1-19-8-9-23(20(2)16-19)25-24(17-30(27-25)21-6-4-3-5-7-21)26(31)29-13-11-28(12-14-29)22-10-15-34(32,33)18-22/h3-9,16-17,22H,10-15,18H2,1-2H3. The van der Waals surface area contributed by atoms with Gasteiger partial charge in [-0.25, -0.2) is 13.1 Å². The summed E-state index contributed by atoms with van der Waals surface area (Å²) in [7, 11) is -2.92. The number of piperazine rings is 1. The lowest BCUT2D eigenvalue weighted by atomic mass is 10.00. The number of hydrogen-bond acceptors (Lipinski definition) is 5. The van der Waals surface area contributed by atoms with Crippen molar-refractivity contribution in [2.75, 3.05) is 37.7 Å². The number of nitrogens with zero attached hydrogens (tertiary/aromatic N) is 4. The maximum absolute atomic E-state index is 13.7. The van der Waals surface area contributed by atoms with Gasteiger partial charge in [-0.2, -0.15) is 5.10 Å². The van der Waals surface area contributed by atoms with Crippen molar-refractivity contribution in [3.63, 3.8) is 0 Å². The third-order valence-corrected chi connectivity index (χ3v) is 8.68. The number of benzene rings is 2. The molecule has 3 heterocycles. The van der Waals surface area contributed by atoms with Gasteiger partial charge >= 0.3 is 0 Å². The molecule has 3 aromatic rings. The van der Waals surface area contributed by atoms with Crippen LogP contribution < -0.4 is 0 Å². The van der Waals surface area contributed by atoms with E-state index in [2.05, 4.69) is 17.9 Å². The van der Waals surface area contributed by atoms with Gasteiger partial charge in [-0.05, 0) is 38.0 Å². The van der Waals surface area contributed by atoms with Crippen LogP contribution in [-0.2, 0) is 9.84 Å². The monoisotopic (exact) mass is 478 g/mol. The summed E-state index contributed by atoms with van der Waals surface area (Å²) in [5.74, 6) is 0.479. The summed E-state index contributed by atoms with van der Waals surface area (Å²) in [5.41, 5.74) is 5.39. The third kappa shape index (κ3) is 4.52. The van der Waals surface area contributed by atoms with Crippen LogP contribution in [0.3, 0.4) is 0 Å². The quantitative estimate of drug-likeness (QED) is 0.576. The van der Waals surface area contributed by atoms with Gasteiger partial charge in [0.05, 0.1) is 22.8 Å². The van der Waals surface area contributed by atoms with E-state index >= 15 is 0 Å². The van der Waals surface area contributed by atoms with Gasteiger partial charge < -0.3 is 4.90 Å². The minimum Gasteiger partial charge on any atom is -0.336 e. The first-order chi connectivity index (χ1) is 16.3. The Bertz CT molecular complexity index is 1310. The van der Waals surface area contributed by atoms with Crippen molar-refractivity contribution in [1.82, 2.24) is 19.6 Å². The fourth-order valence-electron chi connectivity index (χ4n) is 5.05. The van der Waals surface area contributed by atoms with Crippen molar-refractivity contribution in [2.24, 2.45) is 0 Å². The molecule has 0 bridgehead atoms. The van der Waals surface area contributed by atoms with Crippen LogP contribution in [-0.4, -0.2) is 77.6 Å². The summed E-state index contributed by atoms with van der Waals surface area (Å²) in [5, 5.41) is 4.84. The molecule has 8 heteroatoms. The molecule has 7 nitrogen and oxygen atoms in total. The summed E-state index contributed by atoms with van der Waals surface area (Å²) in [6, 6.07) is 16.1. The highest BCUT2D eigenvalue weighted by atomic mass is 32.2. The number of para-hydroxylation sites is 1. The first-order valence-electron chi connectivity index (χ1n) is 11.8. The summed E-state index contributed by atoms with van der Waals surface area (Å²) in [6.07, 6.45) is 2.53. The van der Waals surface area contributed by atoms with E-state index in [-0.39, 0.29) is 23.5 Å². The lowest BCUT2D eigenvalue weighted by Gasteiger charge is -2.37. The second-order valence-corrected chi connectivity index (χ2v) is 11.6. The smallest absolute Gasteiger partial charge is 0.257 e. The molecule has 1 aromatic heterocycles. The molecular formula is C26H30N4O3S. The van der Waals surface area contributed by atoms with Crippen LogP contribution in [0.4, 0.5) is 0 Å². The third-order valence-electron chi connectivity index (χ3n) is 6.93. The molecule has 0 aliphatic carbocycles. The van der Waals surface area contributed by atoms with Crippen LogP contribution in [0.25, 0.3) is 16.9 Å². The van der Waals surface area contributed by atoms with Crippen molar-refractivity contribution in [3.8, 4) is 16.9 Å². The average Bonchev–Trinajstić information content (AvgIpc) is 3.43. The molecule has 2 saturated heterocycles. The number of aryl methyl sites for hydroxylation is 2. The number of rotatable bonds is 4. The maximum atomic E-state index is 13.7. The predicted octanol–water partition coefficient (Wildman–Crippen LogP) is 3.10. The molecular weight excluding hydrogens is 448 g/mol. The van der Waals surface area contributed by atoms with Crippen molar-refractivity contribution in [3.05, 3.63) is 71.4 Å². The minimum atomic E-state index is -2.92. The Morgan fingerprint density at radius 2 is 1.74 bits per heavy atom. The summed E-state index contributed by atoms with van der Waals surface area (Å²) >= 11 is 0. The van der Waals surface area contributed by atoms with Gasteiger partial charge in [0.2, 0.25) is 0 Å². The van der Waals surface area contributed by atoms with E-state index in [1.807, 2.05) is 60.5 Å². The number of carbonyl (C=O) groups is 1. The molecule has 1 amide bonds. The molecule has 1 unspecified atom stereocenters. The van der Waals surface area contributed by atoms with Gasteiger partial charge in [-0.15, -0.1) is 0 Å². The largest absolute Gasteiger partial charge is 0.336 e. The van der Waals surface area contributed by atoms with Gasteiger partial charge in [0.15, 0.2) is 9.84 Å². The Morgan fingerprint density at radius 3 is 2.38 bits per heavy atom. The SMILES string of the molecule is Cc1ccc(-c2nn(-c3ccccc3)cc2C(=O)N2CCN(C3CCS(=O)(=O)C3)CC2)c(C)c1. The van der Waals surface area contributed by atoms with Gasteiger partial charge in [0.1, 0.15) is 5.69 Å². The average molecular weight is 479 g/mol. The van der Waals surface area contributed by atoms with E-state index in [1.54, 1.807) is 4.68 Å². The number of carbonyl (C=O) groups excluding carboxylic acids is 1. The van der Waals surface area contributed by atoms with Crippen molar-refractivity contribution in [2.45, 2.75) is 26.3 Å². The van der Waals surface area contributed by atoms with E-state index in [0.717, 1.165) is 16.8 Å². The highest BCUT2D eigenvalue weighted by Crippen LogP contribution is 2.29. The number of sulfone groups is 1. The molecule has 0 saturated carbocycles. The van der Waals surface area contributed by atoms with Crippen molar-refractivity contribution in [1.29, 1.82) is 0 Å². The summed E-state index contributed by atoms with van der Waals surface area (Å²) < 4.78 is 25.5. The Morgan fingerprint density at radius 1 is 1.00 bits per heavy atom. The van der Waals surface area contributed by atoms with E-state index in [4.69, 9.17) is 5.10 Å². The molecule has 0 radical (unpaired) electrons. The van der Waals surface area contributed by atoms with Crippen molar-refractivity contribution >= 4 is 15.7 Å². The van der Waals surface area contributed by atoms with Gasteiger partial charge in [0.25, 0.3) is 5.91 Å². The maximum Gasteiger partial charge on any atom is 0.257 e. The van der Waals surface area contributed by atoms with Crippen LogP contribution in [0.2, 0.25) is 0 Å². The molecule has 0 spiro atoms. The summed E-state index contributed by atoms with van der Waals surface area (Å²) in [6.45, 7) is 6.65. The Labute approximate surface area is 200 Å². The molecule has 0 N–H and O–H groups in total. The number of amides is 1. The van der Waals surface area contributed by atoms with Crippen LogP contribution in [0.1, 0.15) is 27.9 Å². The molecule has 178 valence electrons. The zero-order valence-electron chi connectivity index (χ0n) is 19.6. The fourth-order valence-corrected chi connectivity index (χ4v) is 6.81. The first kappa shape index (κ1) is 22.8. The Kier molecular flexibility index (Phi) is 6.04. The van der Waals surface area contributed by atoms with Gasteiger partial charge in [-0.1, -0.05) is 42.0 Å². The molecule has 5 rings (SSSR count). The lowest BCUT2D eigenvalue weighted by molar-refractivity contribution is 0.0588. The molecule has 1 atom stereocenters. The zero-order chi connectivity index (χ0) is 23.9. The highest BCUT2D eigenvalue weighted by molar-refractivity contribution is 7.91. The van der Waals surface area contributed by atoms with Crippen LogP contribution >= 0.6 is 0 Å². The van der Waals surface area contributed by atoms with Gasteiger partial charge in [0, 0.05) is 44.0 Å². The predicted molar refractivity (Wildman–Crippen MR) is 133 cm³/mol. The van der Waals surface area contributed by atoms with E-state index in [0.29, 0.717) is 43.9 Å². The van der Waals surface area contributed by atoms with Crippen LogP contribution in [0, 0.1) is 13.8 Å². The first-order valence-corrected chi connectivity index (χ1v) is 13.6. The molecule has 2 aromatic carbocycles. The van der Waals surface area contributed by atoms with E-state index in [1.165, 1.54) is 5.56 Å². The lowest BCUT2D eigenvalue weighted by Crippen LogP contribution is -2.52. The molecule has 2 fully saturated rings. The molecule has 34 heavy (non-hydrogen) atoms. The van der Waals surface area contributed by atoms with E-state index in [9.17, 15) is 13.2 Å². The molecule has 2 aliphatic rings. The Balaban J connectivity index is 1.42. The topological polar surface area (TPSA) is 75.5 Å². The fraction of sp³-hybridized carbons (Fsp3) is 0.385. The van der Waals surface area contributed by atoms with Crippen LogP contribution in [0.5, 0.6) is 0 Å². The Hall–Kier alpha value is -2.97. The number of aromatic nitrogens is 2. The minimum absolute atomic E-state index is 0.0316. The second kappa shape index (κ2) is 9.00. The van der Waals surface area contributed by atoms with Crippen LogP contribution in [0.15, 0.2) is 54.7 Å². The van der Waals surface area contributed by atoms with Crippen molar-refractivity contribution < 1.29 is 13.2 Å². The van der Waals surface area contributed by atoms with E-state index < -0.39 is 9.84 Å².